The number of pyridine rings is 1. The van der Waals surface area contributed by atoms with Crippen molar-refractivity contribution < 1.29 is 4.79 Å². The van der Waals surface area contributed by atoms with E-state index in [9.17, 15) is 4.79 Å². The van der Waals surface area contributed by atoms with Crippen LogP contribution in [0.3, 0.4) is 0 Å². The first-order valence-electron chi connectivity index (χ1n) is 12.7. The predicted octanol–water partition coefficient (Wildman–Crippen LogP) is 3.22. The van der Waals surface area contributed by atoms with Gasteiger partial charge < -0.3 is 10.2 Å². The van der Waals surface area contributed by atoms with Crippen molar-refractivity contribution in [2.24, 2.45) is 5.92 Å². The molecule has 2 aromatic rings. The SMILES string of the molecule is Cc1cc(C2NNC3CCN(C(=O)NC4CCCN(Cc5c(C)cccc5C)C4)CC32)ccn1. The summed E-state index contributed by atoms with van der Waals surface area (Å²) in [6.07, 6.45) is 5.02. The standard InChI is InChI=1S/C27H38N6O/c1-18-6-4-7-19(2)23(18)16-32-12-5-8-22(15-32)29-27(34)33-13-10-25-24(17-33)26(31-30-25)21-9-11-28-20(3)14-21/h4,6-7,9,11,14,22,24-26,30-31H,5,8,10,12-13,15-17H2,1-3H3,(H,29,34). The van der Waals surface area contributed by atoms with Crippen LogP contribution >= 0.6 is 0 Å². The Morgan fingerprint density at radius 1 is 1.09 bits per heavy atom. The van der Waals surface area contributed by atoms with Crippen molar-refractivity contribution in [3.63, 3.8) is 0 Å². The summed E-state index contributed by atoms with van der Waals surface area (Å²) in [7, 11) is 0. The van der Waals surface area contributed by atoms with Crippen LogP contribution in [0.4, 0.5) is 4.79 Å². The first-order chi connectivity index (χ1) is 16.5. The van der Waals surface area contributed by atoms with Gasteiger partial charge in [0.15, 0.2) is 0 Å². The number of amides is 2. The van der Waals surface area contributed by atoms with Crippen molar-refractivity contribution in [3.05, 3.63) is 64.5 Å². The summed E-state index contributed by atoms with van der Waals surface area (Å²) in [5.41, 5.74) is 13.3. The van der Waals surface area contributed by atoms with Gasteiger partial charge in [-0.1, -0.05) is 18.2 Å². The Morgan fingerprint density at radius 2 is 1.91 bits per heavy atom. The fraction of sp³-hybridized carbons (Fsp3) is 0.556. The third-order valence-electron chi connectivity index (χ3n) is 7.94. The van der Waals surface area contributed by atoms with E-state index in [-0.39, 0.29) is 18.1 Å². The van der Waals surface area contributed by atoms with E-state index in [1.807, 2.05) is 18.0 Å². The highest BCUT2D eigenvalue weighted by atomic mass is 16.2. The lowest BCUT2D eigenvalue weighted by molar-refractivity contribution is 0.139. The van der Waals surface area contributed by atoms with E-state index in [1.54, 1.807) is 0 Å². The highest BCUT2D eigenvalue weighted by Gasteiger charge is 2.42. The zero-order valence-electron chi connectivity index (χ0n) is 20.7. The first-order valence-corrected chi connectivity index (χ1v) is 12.7. The lowest BCUT2D eigenvalue weighted by Crippen LogP contribution is -2.55. The van der Waals surface area contributed by atoms with E-state index in [0.29, 0.717) is 12.0 Å². The van der Waals surface area contributed by atoms with Gasteiger partial charge in [-0.2, -0.15) is 0 Å². The van der Waals surface area contributed by atoms with Crippen LogP contribution in [0, 0.1) is 26.7 Å². The fourth-order valence-electron chi connectivity index (χ4n) is 5.98. The van der Waals surface area contributed by atoms with Crippen molar-refractivity contribution in [2.75, 3.05) is 26.2 Å². The molecule has 3 saturated heterocycles. The molecule has 7 nitrogen and oxygen atoms in total. The monoisotopic (exact) mass is 462 g/mol. The second kappa shape index (κ2) is 10.0. The van der Waals surface area contributed by atoms with E-state index >= 15 is 0 Å². The van der Waals surface area contributed by atoms with Crippen molar-refractivity contribution in [3.8, 4) is 0 Å². The molecule has 1 aromatic carbocycles. The fourth-order valence-corrected chi connectivity index (χ4v) is 5.98. The molecule has 1 aromatic heterocycles. The van der Waals surface area contributed by atoms with Gasteiger partial charge in [-0.05, 0) is 81.0 Å². The highest BCUT2D eigenvalue weighted by molar-refractivity contribution is 5.74. The molecule has 3 fully saturated rings. The summed E-state index contributed by atoms with van der Waals surface area (Å²) in [6.45, 7) is 11.0. The first kappa shape index (κ1) is 23.3. The van der Waals surface area contributed by atoms with Crippen molar-refractivity contribution in [2.45, 2.75) is 64.7 Å². The number of rotatable bonds is 4. The van der Waals surface area contributed by atoms with Crippen LogP contribution in [-0.2, 0) is 6.54 Å². The summed E-state index contributed by atoms with van der Waals surface area (Å²) in [4.78, 5) is 22.1. The maximum absolute atomic E-state index is 13.3. The number of hydrazine groups is 1. The smallest absolute Gasteiger partial charge is 0.317 e. The quantitative estimate of drug-likeness (QED) is 0.651. The second-order valence-corrected chi connectivity index (χ2v) is 10.4. The van der Waals surface area contributed by atoms with Crippen LogP contribution in [0.2, 0.25) is 0 Å². The molecule has 0 saturated carbocycles. The molecule has 0 bridgehead atoms. The third kappa shape index (κ3) is 4.97. The number of hydrogen-bond acceptors (Lipinski definition) is 5. The van der Waals surface area contributed by atoms with Crippen LogP contribution in [0.5, 0.6) is 0 Å². The molecular weight excluding hydrogens is 424 g/mol. The lowest BCUT2D eigenvalue weighted by Gasteiger charge is -2.38. The Morgan fingerprint density at radius 3 is 2.71 bits per heavy atom. The minimum atomic E-state index is 0.0916. The molecule has 3 aliphatic rings. The highest BCUT2D eigenvalue weighted by Crippen LogP contribution is 2.33. The van der Waals surface area contributed by atoms with Gasteiger partial charge in [0.2, 0.25) is 0 Å². The van der Waals surface area contributed by atoms with Crippen LogP contribution in [0.1, 0.15) is 53.3 Å². The zero-order chi connectivity index (χ0) is 23.7. The molecule has 182 valence electrons. The molecule has 4 heterocycles. The molecule has 2 amide bonds. The summed E-state index contributed by atoms with van der Waals surface area (Å²) in [5.74, 6) is 0.355. The number of nitrogens with one attached hydrogen (secondary N) is 3. The van der Waals surface area contributed by atoms with Crippen molar-refractivity contribution >= 4 is 6.03 Å². The zero-order valence-corrected chi connectivity index (χ0v) is 20.7. The third-order valence-corrected chi connectivity index (χ3v) is 7.94. The van der Waals surface area contributed by atoms with Crippen LogP contribution in [0.25, 0.3) is 0 Å². The number of nitrogens with zero attached hydrogens (tertiary/aromatic N) is 3. The number of likely N-dealkylation sites (tertiary alicyclic amines) is 2. The van der Waals surface area contributed by atoms with Gasteiger partial charge in [0, 0.05) is 56.1 Å². The van der Waals surface area contributed by atoms with Gasteiger partial charge >= 0.3 is 6.03 Å². The number of carbonyl (C=O) groups is 1. The number of piperidine rings is 2. The summed E-state index contributed by atoms with van der Waals surface area (Å²) in [5, 5.41) is 3.37. The van der Waals surface area contributed by atoms with Gasteiger partial charge in [0.05, 0.1) is 6.04 Å². The molecule has 5 rings (SSSR count). The topological polar surface area (TPSA) is 72.5 Å². The number of aryl methyl sites for hydroxylation is 3. The van der Waals surface area contributed by atoms with Crippen LogP contribution < -0.4 is 16.2 Å². The summed E-state index contributed by atoms with van der Waals surface area (Å²) < 4.78 is 0. The number of carbonyl (C=O) groups excluding carboxylic acids is 1. The molecule has 0 radical (unpaired) electrons. The molecule has 34 heavy (non-hydrogen) atoms. The average Bonchev–Trinajstić information content (AvgIpc) is 3.25. The number of hydrogen-bond donors (Lipinski definition) is 3. The number of fused-ring (bicyclic) bond motifs is 1. The second-order valence-electron chi connectivity index (χ2n) is 10.4. The largest absolute Gasteiger partial charge is 0.334 e. The van der Waals surface area contributed by atoms with Crippen LogP contribution in [-0.4, -0.2) is 59.1 Å². The van der Waals surface area contributed by atoms with E-state index in [0.717, 1.165) is 57.7 Å². The Kier molecular flexibility index (Phi) is 6.86. The maximum Gasteiger partial charge on any atom is 0.317 e. The van der Waals surface area contributed by atoms with Gasteiger partial charge in [-0.15, -0.1) is 0 Å². The molecule has 3 N–H and O–H groups in total. The molecule has 4 unspecified atom stereocenters. The predicted molar refractivity (Wildman–Crippen MR) is 134 cm³/mol. The van der Waals surface area contributed by atoms with E-state index in [1.165, 1.54) is 22.3 Å². The van der Waals surface area contributed by atoms with E-state index in [4.69, 9.17) is 0 Å². The van der Waals surface area contributed by atoms with Gasteiger partial charge in [0.25, 0.3) is 0 Å². The van der Waals surface area contributed by atoms with Crippen molar-refractivity contribution in [1.29, 1.82) is 0 Å². The summed E-state index contributed by atoms with van der Waals surface area (Å²) >= 11 is 0. The number of benzene rings is 1. The Labute approximate surface area is 203 Å². The maximum atomic E-state index is 13.3. The van der Waals surface area contributed by atoms with Gasteiger partial charge in [-0.25, -0.2) is 10.2 Å². The van der Waals surface area contributed by atoms with Gasteiger partial charge in [-0.3, -0.25) is 15.3 Å². The molecule has 3 aliphatic heterocycles. The van der Waals surface area contributed by atoms with E-state index < -0.39 is 0 Å². The van der Waals surface area contributed by atoms with Crippen molar-refractivity contribution in [1.82, 2.24) is 31.0 Å². The van der Waals surface area contributed by atoms with Crippen LogP contribution in [0.15, 0.2) is 36.5 Å². The molecular formula is C27H38N6O. The lowest BCUT2D eigenvalue weighted by atomic mass is 9.85. The van der Waals surface area contributed by atoms with Gasteiger partial charge in [0.1, 0.15) is 0 Å². The number of aromatic nitrogens is 1. The van der Waals surface area contributed by atoms with E-state index in [2.05, 4.69) is 70.2 Å². The Hall–Kier alpha value is -2.48. The Balaban J connectivity index is 1.19. The normalized spacial score (nSPS) is 27.4. The molecule has 0 aliphatic carbocycles. The minimum Gasteiger partial charge on any atom is -0.334 e. The molecule has 0 spiro atoms. The molecule has 4 atom stereocenters. The average molecular weight is 463 g/mol. The Bertz CT molecular complexity index is 1010. The molecule has 7 heteroatoms. The minimum absolute atomic E-state index is 0.0916. The summed E-state index contributed by atoms with van der Waals surface area (Å²) in [6, 6.07) is 11.6. The number of urea groups is 1.